The summed E-state index contributed by atoms with van der Waals surface area (Å²) in [6.45, 7) is 0. The second-order valence-corrected chi connectivity index (χ2v) is 4.44. The van der Waals surface area contributed by atoms with E-state index in [1.807, 2.05) is 6.07 Å². The molecule has 1 aromatic rings. The SMILES string of the molecule is O=C(O)CC1CCc2ccc(Cl)cc2C1=O. The first-order chi connectivity index (χ1) is 7.58. The van der Waals surface area contributed by atoms with Crippen LogP contribution in [0.2, 0.25) is 5.02 Å². The molecule has 3 nitrogen and oxygen atoms in total. The van der Waals surface area contributed by atoms with E-state index < -0.39 is 11.9 Å². The van der Waals surface area contributed by atoms with Gasteiger partial charge < -0.3 is 5.11 Å². The number of carboxylic acids is 1. The van der Waals surface area contributed by atoms with Crippen LogP contribution in [0.1, 0.15) is 28.8 Å². The van der Waals surface area contributed by atoms with Crippen LogP contribution in [-0.2, 0) is 11.2 Å². The van der Waals surface area contributed by atoms with Crippen LogP contribution in [0.4, 0.5) is 0 Å². The van der Waals surface area contributed by atoms with E-state index in [1.54, 1.807) is 12.1 Å². The minimum atomic E-state index is -0.927. The molecule has 0 bridgehead atoms. The van der Waals surface area contributed by atoms with Crippen molar-refractivity contribution in [2.45, 2.75) is 19.3 Å². The van der Waals surface area contributed by atoms with Crippen molar-refractivity contribution in [1.82, 2.24) is 0 Å². The van der Waals surface area contributed by atoms with Gasteiger partial charge in [-0.05, 0) is 30.5 Å². The number of hydrogen-bond acceptors (Lipinski definition) is 2. The predicted octanol–water partition coefficient (Wildman–Crippen LogP) is 2.56. The van der Waals surface area contributed by atoms with Gasteiger partial charge in [-0.1, -0.05) is 17.7 Å². The molecule has 1 aliphatic rings. The second-order valence-electron chi connectivity index (χ2n) is 4.00. The number of aryl methyl sites for hydroxylation is 1. The maximum absolute atomic E-state index is 12.0. The third-order valence-corrected chi connectivity index (χ3v) is 3.13. The molecule has 84 valence electrons. The van der Waals surface area contributed by atoms with Gasteiger partial charge in [0.15, 0.2) is 5.78 Å². The Morgan fingerprint density at radius 2 is 2.25 bits per heavy atom. The normalized spacial score (nSPS) is 19.3. The van der Waals surface area contributed by atoms with Gasteiger partial charge in [-0.15, -0.1) is 0 Å². The number of ketones is 1. The summed E-state index contributed by atoms with van der Waals surface area (Å²) in [6.07, 6.45) is 1.26. The molecule has 0 heterocycles. The lowest BCUT2D eigenvalue weighted by Gasteiger charge is -2.22. The van der Waals surface area contributed by atoms with Crippen LogP contribution >= 0.6 is 11.6 Å². The fourth-order valence-electron chi connectivity index (χ4n) is 2.08. The average Bonchev–Trinajstić information content (AvgIpc) is 2.22. The van der Waals surface area contributed by atoms with Crippen molar-refractivity contribution in [3.05, 3.63) is 34.3 Å². The molecule has 0 saturated carbocycles. The van der Waals surface area contributed by atoms with Crippen molar-refractivity contribution >= 4 is 23.4 Å². The molecular weight excluding hydrogens is 228 g/mol. The van der Waals surface area contributed by atoms with Crippen LogP contribution < -0.4 is 0 Å². The van der Waals surface area contributed by atoms with E-state index in [-0.39, 0.29) is 12.2 Å². The number of carbonyl (C=O) groups is 2. The van der Waals surface area contributed by atoms with Crippen LogP contribution in [0, 0.1) is 5.92 Å². The Bertz CT molecular complexity index is 454. The number of rotatable bonds is 2. The molecule has 2 rings (SSSR count). The minimum Gasteiger partial charge on any atom is -0.481 e. The summed E-state index contributed by atoms with van der Waals surface area (Å²) in [5.41, 5.74) is 1.56. The highest BCUT2D eigenvalue weighted by Gasteiger charge is 2.28. The lowest BCUT2D eigenvalue weighted by atomic mass is 9.81. The van der Waals surface area contributed by atoms with E-state index >= 15 is 0 Å². The summed E-state index contributed by atoms with van der Waals surface area (Å²) in [7, 11) is 0. The number of aliphatic carboxylic acids is 1. The van der Waals surface area contributed by atoms with Gasteiger partial charge in [-0.25, -0.2) is 0 Å². The van der Waals surface area contributed by atoms with E-state index in [0.717, 1.165) is 12.0 Å². The summed E-state index contributed by atoms with van der Waals surface area (Å²) in [4.78, 5) is 22.6. The number of hydrogen-bond donors (Lipinski definition) is 1. The van der Waals surface area contributed by atoms with Gasteiger partial charge in [-0.3, -0.25) is 9.59 Å². The Morgan fingerprint density at radius 1 is 1.50 bits per heavy atom. The Morgan fingerprint density at radius 3 is 2.94 bits per heavy atom. The summed E-state index contributed by atoms with van der Waals surface area (Å²) < 4.78 is 0. The zero-order valence-electron chi connectivity index (χ0n) is 8.57. The van der Waals surface area contributed by atoms with Crippen molar-refractivity contribution in [2.75, 3.05) is 0 Å². The third kappa shape index (κ3) is 2.09. The predicted molar refractivity (Wildman–Crippen MR) is 59.8 cm³/mol. The highest BCUT2D eigenvalue weighted by molar-refractivity contribution is 6.31. The van der Waals surface area contributed by atoms with Gasteiger partial charge in [0, 0.05) is 16.5 Å². The quantitative estimate of drug-likeness (QED) is 0.862. The van der Waals surface area contributed by atoms with Crippen LogP contribution in [0.25, 0.3) is 0 Å². The Kier molecular flexibility index (Phi) is 2.97. The smallest absolute Gasteiger partial charge is 0.304 e. The van der Waals surface area contributed by atoms with Crippen LogP contribution in [0.5, 0.6) is 0 Å². The Labute approximate surface area is 98.0 Å². The van der Waals surface area contributed by atoms with E-state index in [9.17, 15) is 9.59 Å². The molecule has 1 aliphatic carbocycles. The maximum atomic E-state index is 12.0. The van der Waals surface area contributed by atoms with Gasteiger partial charge in [0.25, 0.3) is 0 Å². The van der Waals surface area contributed by atoms with Gasteiger partial charge in [0.05, 0.1) is 6.42 Å². The fraction of sp³-hybridized carbons (Fsp3) is 0.333. The monoisotopic (exact) mass is 238 g/mol. The number of carbonyl (C=O) groups excluding carboxylic acids is 1. The van der Waals surface area contributed by atoms with Gasteiger partial charge in [-0.2, -0.15) is 0 Å². The fourth-order valence-corrected chi connectivity index (χ4v) is 2.25. The molecule has 1 N–H and O–H groups in total. The standard InChI is InChI=1S/C12H11ClO3/c13-9-4-3-7-1-2-8(5-11(14)15)12(16)10(7)6-9/h3-4,6,8H,1-2,5H2,(H,14,15). The first-order valence-corrected chi connectivity index (χ1v) is 5.50. The van der Waals surface area contributed by atoms with Crippen LogP contribution in [0.3, 0.4) is 0 Å². The zero-order valence-corrected chi connectivity index (χ0v) is 9.33. The molecule has 1 unspecified atom stereocenters. The molecule has 4 heteroatoms. The lowest BCUT2D eigenvalue weighted by molar-refractivity contribution is -0.137. The lowest BCUT2D eigenvalue weighted by Crippen LogP contribution is -2.24. The number of benzene rings is 1. The first-order valence-electron chi connectivity index (χ1n) is 5.12. The molecule has 0 saturated heterocycles. The van der Waals surface area contributed by atoms with Crippen molar-refractivity contribution in [3.8, 4) is 0 Å². The molecule has 0 aromatic heterocycles. The summed E-state index contributed by atoms with van der Waals surface area (Å²) in [5.74, 6) is -1.42. The number of halogens is 1. The molecule has 0 radical (unpaired) electrons. The summed E-state index contributed by atoms with van der Waals surface area (Å²) in [5, 5.41) is 9.22. The van der Waals surface area contributed by atoms with E-state index in [2.05, 4.69) is 0 Å². The van der Waals surface area contributed by atoms with Gasteiger partial charge in [0.2, 0.25) is 0 Å². The van der Waals surface area contributed by atoms with E-state index in [0.29, 0.717) is 17.0 Å². The van der Waals surface area contributed by atoms with E-state index in [4.69, 9.17) is 16.7 Å². The molecule has 0 fully saturated rings. The van der Waals surface area contributed by atoms with Gasteiger partial charge in [0.1, 0.15) is 0 Å². The molecular formula is C12H11ClO3. The van der Waals surface area contributed by atoms with E-state index in [1.165, 1.54) is 0 Å². The Hall–Kier alpha value is -1.35. The number of carboxylic acid groups (broad SMARTS) is 1. The highest BCUT2D eigenvalue weighted by Crippen LogP contribution is 2.29. The summed E-state index contributed by atoms with van der Waals surface area (Å²) in [6, 6.07) is 5.23. The Balaban J connectivity index is 2.30. The van der Waals surface area contributed by atoms with Crippen molar-refractivity contribution in [2.24, 2.45) is 5.92 Å². The topological polar surface area (TPSA) is 54.4 Å². The summed E-state index contributed by atoms with van der Waals surface area (Å²) >= 11 is 5.83. The molecule has 1 aromatic carbocycles. The minimum absolute atomic E-state index is 0.0915. The van der Waals surface area contributed by atoms with Crippen molar-refractivity contribution < 1.29 is 14.7 Å². The molecule has 0 amide bonds. The number of fused-ring (bicyclic) bond motifs is 1. The van der Waals surface area contributed by atoms with Crippen molar-refractivity contribution in [3.63, 3.8) is 0 Å². The molecule has 16 heavy (non-hydrogen) atoms. The average molecular weight is 239 g/mol. The molecule has 0 spiro atoms. The third-order valence-electron chi connectivity index (χ3n) is 2.89. The zero-order chi connectivity index (χ0) is 11.7. The number of Topliss-reactive ketones (excluding diaryl/α,β-unsaturated/α-hetero) is 1. The highest BCUT2D eigenvalue weighted by atomic mass is 35.5. The first kappa shape index (κ1) is 11.1. The molecule has 1 atom stereocenters. The van der Waals surface area contributed by atoms with Crippen LogP contribution in [-0.4, -0.2) is 16.9 Å². The maximum Gasteiger partial charge on any atom is 0.304 e. The largest absolute Gasteiger partial charge is 0.481 e. The van der Waals surface area contributed by atoms with Gasteiger partial charge >= 0.3 is 5.97 Å². The second kappa shape index (κ2) is 4.26. The van der Waals surface area contributed by atoms with Crippen molar-refractivity contribution in [1.29, 1.82) is 0 Å². The van der Waals surface area contributed by atoms with Crippen LogP contribution in [0.15, 0.2) is 18.2 Å². The molecule has 0 aliphatic heterocycles.